The second-order valence-electron chi connectivity index (χ2n) is 9.42. The van der Waals surface area contributed by atoms with E-state index in [4.69, 9.17) is 0 Å². The molecule has 160 valence electrons. The summed E-state index contributed by atoms with van der Waals surface area (Å²) in [5.41, 5.74) is 3.02. The molecule has 0 aliphatic carbocycles. The summed E-state index contributed by atoms with van der Waals surface area (Å²) in [6.07, 6.45) is 2.80. The minimum atomic E-state index is -0.410. The summed E-state index contributed by atoms with van der Waals surface area (Å²) in [5, 5.41) is 5.23. The number of likely N-dealkylation sites (tertiary alicyclic amines) is 1. The van der Waals surface area contributed by atoms with Gasteiger partial charge in [-0.25, -0.2) is 0 Å². The Hall–Kier alpha value is -2.34. The predicted octanol–water partition coefficient (Wildman–Crippen LogP) is 4.53. The van der Waals surface area contributed by atoms with Crippen LogP contribution in [-0.2, 0) is 22.6 Å². The molecule has 2 aliphatic heterocycles. The van der Waals surface area contributed by atoms with Gasteiger partial charge in [-0.3, -0.25) is 9.59 Å². The lowest BCUT2D eigenvalue weighted by Gasteiger charge is -2.35. The molecule has 1 atom stereocenters. The van der Waals surface area contributed by atoms with Gasteiger partial charge in [-0.1, -0.05) is 20.8 Å². The molecule has 3 heterocycles. The van der Waals surface area contributed by atoms with Crippen LogP contribution in [0, 0.1) is 11.3 Å². The monoisotopic (exact) mass is 425 g/mol. The van der Waals surface area contributed by atoms with Crippen molar-refractivity contribution in [2.24, 2.45) is 11.3 Å². The van der Waals surface area contributed by atoms with Gasteiger partial charge < -0.3 is 15.1 Å². The maximum absolute atomic E-state index is 12.8. The minimum absolute atomic E-state index is 0.00930. The Kier molecular flexibility index (Phi) is 5.87. The number of carbonyl (C=O) groups excluding carboxylic acids is 2. The van der Waals surface area contributed by atoms with Gasteiger partial charge in [-0.05, 0) is 60.5 Å². The van der Waals surface area contributed by atoms with Crippen LogP contribution < -0.4 is 10.2 Å². The molecular formula is C24H31N3O2S. The topological polar surface area (TPSA) is 52.7 Å². The van der Waals surface area contributed by atoms with Crippen molar-refractivity contribution in [3.63, 3.8) is 0 Å². The first kappa shape index (κ1) is 20.9. The fraction of sp³-hybridized carbons (Fsp3) is 0.500. The van der Waals surface area contributed by atoms with Crippen LogP contribution in [0.15, 0.2) is 35.7 Å². The second kappa shape index (κ2) is 8.42. The van der Waals surface area contributed by atoms with Crippen molar-refractivity contribution in [3.8, 4) is 0 Å². The van der Waals surface area contributed by atoms with E-state index in [2.05, 4.69) is 33.8 Å². The van der Waals surface area contributed by atoms with Gasteiger partial charge in [-0.2, -0.15) is 0 Å². The van der Waals surface area contributed by atoms with Crippen LogP contribution >= 0.6 is 11.3 Å². The maximum atomic E-state index is 12.8. The zero-order valence-corrected chi connectivity index (χ0v) is 18.9. The Morgan fingerprint density at radius 1 is 1.10 bits per heavy atom. The summed E-state index contributed by atoms with van der Waals surface area (Å²) in [7, 11) is 0. The van der Waals surface area contributed by atoms with E-state index in [-0.39, 0.29) is 17.7 Å². The van der Waals surface area contributed by atoms with E-state index in [0.29, 0.717) is 6.54 Å². The van der Waals surface area contributed by atoms with Crippen LogP contribution in [0.5, 0.6) is 0 Å². The second-order valence-corrected chi connectivity index (χ2v) is 10.4. The number of amides is 2. The molecule has 1 unspecified atom stereocenters. The van der Waals surface area contributed by atoms with Crippen molar-refractivity contribution in [2.75, 3.05) is 29.9 Å². The molecule has 0 spiro atoms. The summed E-state index contributed by atoms with van der Waals surface area (Å²) >= 11 is 1.85. The molecule has 0 saturated carbocycles. The zero-order chi connectivity index (χ0) is 21.3. The summed E-state index contributed by atoms with van der Waals surface area (Å²) in [6.45, 7) is 9.03. The third-order valence-corrected chi connectivity index (χ3v) is 7.05. The van der Waals surface area contributed by atoms with Crippen LogP contribution in [0.3, 0.4) is 0 Å². The summed E-state index contributed by atoms with van der Waals surface area (Å²) in [4.78, 5) is 31.1. The summed E-state index contributed by atoms with van der Waals surface area (Å²) in [6, 6.07) is 10.4. The predicted molar refractivity (Wildman–Crippen MR) is 123 cm³/mol. The standard InChI is InChI=1S/C24H31N3O2S/c1-24(2,3)23(29)27-12-4-5-18(16-27)22(28)25-19-6-8-20(9-7-19)26-13-10-21-17(15-26)11-14-30-21/h6-9,11,14,18H,4-5,10,12-13,15-16H2,1-3H3,(H,25,28). The van der Waals surface area contributed by atoms with Gasteiger partial charge in [-0.15, -0.1) is 11.3 Å². The van der Waals surface area contributed by atoms with E-state index in [1.165, 1.54) is 16.1 Å². The van der Waals surface area contributed by atoms with Gasteiger partial charge in [0.2, 0.25) is 11.8 Å². The molecule has 2 amide bonds. The lowest BCUT2D eigenvalue weighted by molar-refractivity contribution is -0.142. The number of nitrogens with one attached hydrogen (secondary N) is 1. The van der Waals surface area contributed by atoms with Crippen molar-refractivity contribution < 1.29 is 9.59 Å². The smallest absolute Gasteiger partial charge is 0.229 e. The van der Waals surface area contributed by atoms with Gasteiger partial charge in [0.05, 0.1) is 5.92 Å². The molecule has 5 nitrogen and oxygen atoms in total. The minimum Gasteiger partial charge on any atom is -0.367 e. The van der Waals surface area contributed by atoms with Gasteiger partial charge >= 0.3 is 0 Å². The molecule has 0 radical (unpaired) electrons. The number of hydrogen-bond donors (Lipinski definition) is 1. The number of benzene rings is 1. The normalized spacial score (nSPS) is 19.4. The lowest BCUT2D eigenvalue weighted by atomic mass is 9.91. The third-order valence-electron chi connectivity index (χ3n) is 6.03. The molecule has 1 fully saturated rings. The zero-order valence-electron chi connectivity index (χ0n) is 18.1. The molecule has 1 N–H and O–H groups in total. The van der Waals surface area contributed by atoms with E-state index >= 15 is 0 Å². The number of nitrogens with zero attached hydrogens (tertiary/aromatic N) is 2. The van der Waals surface area contributed by atoms with Gasteiger partial charge in [0, 0.05) is 47.8 Å². The number of piperidine rings is 1. The molecule has 2 aliphatic rings. The van der Waals surface area contributed by atoms with Crippen LogP contribution in [0.4, 0.5) is 11.4 Å². The molecule has 6 heteroatoms. The van der Waals surface area contributed by atoms with Crippen molar-refractivity contribution in [3.05, 3.63) is 46.2 Å². The Labute approximate surface area is 183 Å². The molecular weight excluding hydrogens is 394 g/mol. The highest BCUT2D eigenvalue weighted by atomic mass is 32.1. The highest BCUT2D eigenvalue weighted by molar-refractivity contribution is 7.10. The first-order valence-corrected chi connectivity index (χ1v) is 11.7. The van der Waals surface area contributed by atoms with E-state index < -0.39 is 5.41 Å². The van der Waals surface area contributed by atoms with Crippen LogP contribution in [0.1, 0.15) is 44.1 Å². The fourth-order valence-electron chi connectivity index (χ4n) is 4.32. The summed E-state index contributed by atoms with van der Waals surface area (Å²) in [5.74, 6) is -0.0152. The highest BCUT2D eigenvalue weighted by Gasteiger charge is 2.33. The lowest BCUT2D eigenvalue weighted by Crippen LogP contribution is -2.47. The SMILES string of the molecule is CC(C)(C)C(=O)N1CCCC(C(=O)Nc2ccc(N3CCc4sccc4C3)cc2)C1. The van der Waals surface area contributed by atoms with E-state index in [0.717, 1.165) is 44.6 Å². The van der Waals surface area contributed by atoms with Crippen molar-refractivity contribution >= 4 is 34.5 Å². The molecule has 30 heavy (non-hydrogen) atoms. The fourth-order valence-corrected chi connectivity index (χ4v) is 5.21. The Balaban J connectivity index is 1.35. The first-order chi connectivity index (χ1) is 14.3. The first-order valence-electron chi connectivity index (χ1n) is 10.8. The third kappa shape index (κ3) is 4.53. The van der Waals surface area contributed by atoms with Gasteiger partial charge in [0.1, 0.15) is 0 Å². The highest BCUT2D eigenvalue weighted by Crippen LogP contribution is 2.29. The number of hydrogen-bond acceptors (Lipinski definition) is 4. The Bertz CT molecular complexity index is 913. The van der Waals surface area contributed by atoms with Crippen LogP contribution in [-0.4, -0.2) is 36.3 Å². The molecule has 0 bridgehead atoms. The Morgan fingerprint density at radius 2 is 1.87 bits per heavy atom. The van der Waals surface area contributed by atoms with Crippen LogP contribution in [0.25, 0.3) is 0 Å². The van der Waals surface area contributed by atoms with Gasteiger partial charge in [0.15, 0.2) is 0 Å². The molecule has 2 aromatic rings. The van der Waals surface area contributed by atoms with Crippen LogP contribution in [0.2, 0.25) is 0 Å². The molecule has 1 aromatic carbocycles. The average molecular weight is 426 g/mol. The largest absolute Gasteiger partial charge is 0.367 e. The van der Waals surface area contributed by atoms with Crippen molar-refractivity contribution in [2.45, 2.75) is 46.6 Å². The number of thiophene rings is 1. The number of rotatable bonds is 3. The molecule has 1 saturated heterocycles. The number of anilines is 2. The quantitative estimate of drug-likeness (QED) is 0.786. The maximum Gasteiger partial charge on any atom is 0.229 e. The molecule has 4 rings (SSSR count). The van der Waals surface area contributed by atoms with E-state index in [1.807, 2.05) is 49.1 Å². The number of fused-ring (bicyclic) bond motifs is 1. The molecule has 1 aromatic heterocycles. The Morgan fingerprint density at radius 3 is 2.60 bits per heavy atom. The van der Waals surface area contributed by atoms with Crippen molar-refractivity contribution in [1.29, 1.82) is 0 Å². The average Bonchev–Trinajstić information content (AvgIpc) is 3.21. The van der Waals surface area contributed by atoms with E-state index in [9.17, 15) is 9.59 Å². The summed E-state index contributed by atoms with van der Waals surface area (Å²) < 4.78 is 0. The number of carbonyl (C=O) groups is 2. The van der Waals surface area contributed by atoms with Crippen molar-refractivity contribution in [1.82, 2.24) is 4.90 Å². The van der Waals surface area contributed by atoms with E-state index in [1.54, 1.807) is 0 Å². The van der Waals surface area contributed by atoms with Gasteiger partial charge in [0.25, 0.3) is 0 Å².